The fourth-order valence-electron chi connectivity index (χ4n) is 4.73. The van der Waals surface area contributed by atoms with Gasteiger partial charge in [-0.1, -0.05) is 35.5 Å². The smallest absolute Gasteiger partial charge is 0.0833 e. The van der Waals surface area contributed by atoms with Crippen LogP contribution < -0.4 is 0 Å². The molecule has 1 unspecified atom stereocenters. The van der Waals surface area contributed by atoms with Gasteiger partial charge in [0, 0.05) is 17.8 Å². The first kappa shape index (κ1) is 15.1. The summed E-state index contributed by atoms with van der Waals surface area (Å²) in [6, 6.07) is 0. The van der Waals surface area contributed by atoms with Crippen LogP contribution in [-0.2, 0) is 9.47 Å². The van der Waals surface area contributed by atoms with E-state index in [4.69, 9.17) is 9.47 Å². The second-order valence-electron chi connectivity index (χ2n) is 7.09. The van der Waals surface area contributed by atoms with E-state index in [1.807, 2.05) is 0 Å². The Morgan fingerprint density at radius 3 is 2.43 bits per heavy atom. The van der Waals surface area contributed by atoms with Crippen LogP contribution in [0.1, 0.15) is 41.0 Å². The maximum absolute atomic E-state index is 6.60. The molecule has 0 spiro atoms. The van der Waals surface area contributed by atoms with Crippen LogP contribution in [0.15, 0.2) is 35.5 Å². The molecule has 2 saturated heterocycles. The van der Waals surface area contributed by atoms with E-state index in [9.17, 15) is 0 Å². The second-order valence-corrected chi connectivity index (χ2v) is 7.09. The Balaban J connectivity index is 2.10. The lowest BCUT2D eigenvalue weighted by atomic mass is 9.59. The van der Waals surface area contributed by atoms with E-state index in [-0.39, 0.29) is 17.8 Å². The SMILES string of the molecule is C/C=C/C1OC[C@@H]2CC(=C(C)C)[C@H]3[C@@H](/C=C/C)O[C@]2(C)[C@@H]13. The first-order chi connectivity index (χ1) is 10.0. The highest BCUT2D eigenvalue weighted by Gasteiger charge is 2.63. The summed E-state index contributed by atoms with van der Waals surface area (Å²) < 4.78 is 12.8. The van der Waals surface area contributed by atoms with Gasteiger partial charge in [0.1, 0.15) is 0 Å². The van der Waals surface area contributed by atoms with Crippen LogP contribution in [0.25, 0.3) is 0 Å². The fraction of sp³-hybridized carbons (Fsp3) is 0.684. The average molecular weight is 288 g/mol. The van der Waals surface area contributed by atoms with E-state index in [1.165, 1.54) is 5.57 Å². The zero-order valence-electron chi connectivity index (χ0n) is 13.9. The topological polar surface area (TPSA) is 18.5 Å². The zero-order chi connectivity index (χ0) is 15.2. The first-order valence-corrected chi connectivity index (χ1v) is 8.24. The van der Waals surface area contributed by atoms with Crippen molar-refractivity contribution in [1.82, 2.24) is 0 Å². The monoisotopic (exact) mass is 288 g/mol. The van der Waals surface area contributed by atoms with E-state index in [0.717, 1.165) is 13.0 Å². The molecule has 2 heterocycles. The Morgan fingerprint density at radius 1 is 1.14 bits per heavy atom. The van der Waals surface area contributed by atoms with Crippen LogP contribution in [-0.4, -0.2) is 24.4 Å². The van der Waals surface area contributed by atoms with Crippen LogP contribution in [0.4, 0.5) is 0 Å². The van der Waals surface area contributed by atoms with Crippen molar-refractivity contribution in [2.45, 2.75) is 58.8 Å². The summed E-state index contributed by atoms with van der Waals surface area (Å²) in [5.41, 5.74) is 3.04. The molecule has 2 heteroatoms. The van der Waals surface area contributed by atoms with Gasteiger partial charge >= 0.3 is 0 Å². The van der Waals surface area contributed by atoms with Gasteiger partial charge in [-0.2, -0.15) is 0 Å². The Kier molecular flexibility index (Phi) is 3.87. The Hall–Kier alpha value is -0.860. The largest absolute Gasteiger partial charge is 0.373 e. The maximum Gasteiger partial charge on any atom is 0.0833 e. The van der Waals surface area contributed by atoms with E-state index >= 15 is 0 Å². The maximum atomic E-state index is 6.60. The minimum atomic E-state index is -0.0454. The van der Waals surface area contributed by atoms with E-state index in [0.29, 0.717) is 17.8 Å². The van der Waals surface area contributed by atoms with Crippen molar-refractivity contribution in [3.8, 4) is 0 Å². The van der Waals surface area contributed by atoms with Crippen molar-refractivity contribution in [3.63, 3.8) is 0 Å². The predicted molar refractivity (Wildman–Crippen MR) is 86.1 cm³/mol. The second kappa shape index (κ2) is 5.40. The molecule has 3 rings (SSSR count). The average Bonchev–Trinajstić information content (AvgIpc) is 2.63. The van der Waals surface area contributed by atoms with Crippen LogP contribution >= 0.6 is 0 Å². The van der Waals surface area contributed by atoms with Crippen LogP contribution in [0, 0.1) is 17.8 Å². The van der Waals surface area contributed by atoms with Crippen LogP contribution in [0.5, 0.6) is 0 Å². The molecule has 0 amide bonds. The molecule has 0 aromatic heterocycles. The predicted octanol–water partition coefficient (Wildman–Crippen LogP) is 4.28. The molecule has 0 aromatic carbocycles. The Morgan fingerprint density at radius 2 is 1.81 bits per heavy atom. The quantitative estimate of drug-likeness (QED) is 0.706. The lowest BCUT2D eigenvalue weighted by Gasteiger charge is -2.51. The standard InChI is InChI=1S/C19H28O2/c1-6-8-15-17-14(12(3)4)10-13-11-20-16(9-7-2)18(17)19(13,5)21-15/h6-9,13,15-18H,10-11H2,1-5H3/b8-6+,9-7+/t13-,15+,16?,17-,18-,19-/m0/s1. The summed E-state index contributed by atoms with van der Waals surface area (Å²) in [4.78, 5) is 0. The van der Waals surface area contributed by atoms with Gasteiger partial charge in [0.2, 0.25) is 0 Å². The van der Waals surface area contributed by atoms with Gasteiger partial charge in [0.15, 0.2) is 0 Å². The third-order valence-corrected chi connectivity index (χ3v) is 5.72. The molecule has 21 heavy (non-hydrogen) atoms. The highest BCUT2D eigenvalue weighted by Crippen LogP contribution is 2.59. The van der Waals surface area contributed by atoms with Crippen LogP contribution in [0.3, 0.4) is 0 Å². The molecule has 1 saturated carbocycles. The molecule has 1 aliphatic carbocycles. The number of hydrogen-bond acceptors (Lipinski definition) is 2. The summed E-state index contributed by atoms with van der Waals surface area (Å²) in [5.74, 6) is 1.39. The van der Waals surface area contributed by atoms with Crippen molar-refractivity contribution in [3.05, 3.63) is 35.5 Å². The lowest BCUT2D eigenvalue weighted by Crippen LogP contribution is -2.56. The summed E-state index contributed by atoms with van der Waals surface area (Å²) in [7, 11) is 0. The summed E-state index contributed by atoms with van der Waals surface area (Å²) in [5, 5.41) is 0. The molecule has 2 aliphatic heterocycles. The molecule has 0 N–H and O–H groups in total. The minimum Gasteiger partial charge on any atom is -0.373 e. The molecule has 6 atom stereocenters. The molecule has 116 valence electrons. The van der Waals surface area contributed by atoms with Gasteiger partial charge in [-0.25, -0.2) is 0 Å². The summed E-state index contributed by atoms with van der Waals surface area (Å²) in [6.45, 7) is 11.8. The molecule has 0 radical (unpaired) electrons. The number of ether oxygens (including phenoxy) is 2. The Bertz CT molecular complexity index is 498. The lowest BCUT2D eigenvalue weighted by molar-refractivity contribution is -0.165. The molecular weight excluding hydrogens is 260 g/mol. The fourth-order valence-corrected chi connectivity index (χ4v) is 4.73. The third-order valence-electron chi connectivity index (χ3n) is 5.72. The summed E-state index contributed by atoms with van der Waals surface area (Å²) in [6.07, 6.45) is 10.2. The van der Waals surface area contributed by atoms with Crippen molar-refractivity contribution in [2.75, 3.05) is 6.61 Å². The summed E-state index contributed by atoms with van der Waals surface area (Å²) >= 11 is 0. The molecule has 3 aliphatic rings. The van der Waals surface area contributed by atoms with Gasteiger partial charge in [0.25, 0.3) is 0 Å². The highest BCUT2D eigenvalue weighted by atomic mass is 16.5. The van der Waals surface area contributed by atoms with Gasteiger partial charge < -0.3 is 9.47 Å². The zero-order valence-corrected chi connectivity index (χ0v) is 13.9. The van der Waals surface area contributed by atoms with Crippen molar-refractivity contribution in [1.29, 1.82) is 0 Å². The van der Waals surface area contributed by atoms with Gasteiger partial charge in [0.05, 0.1) is 24.4 Å². The molecule has 4 bridgehead atoms. The number of allylic oxidation sites excluding steroid dienone is 3. The van der Waals surface area contributed by atoms with Crippen molar-refractivity contribution in [2.24, 2.45) is 17.8 Å². The van der Waals surface area contributed by atoms with Gasteiger partial charge in [-0.05, 0) is 41.0 Å². The van der Waals surface area contributed by atoms with E-state index in [1.54, 1.807) is 5.57 Å². The molecule has 3 fully saturated rings. The molecule has 2 nitrogen and oxygen atoms in total. The highest BCUT2D eigenvalue weighted by molar-refractivity contribution is 5.31. The number of rotatable bonds is 2. The van der Waals surface area contributed by atoms with Crippen molar-refractivity contribution >= 4 is 0 Å². The van der Waals surface area contributed by atoms with E-state index in [2.05, 4.69) is 58.9 Å². The van der Waals surface area contributed by atoms with Gasteiger partial charge in [-0.15, -0.1) is 0 Å². The first-order valence-electron chi connectivity index (χ1n) is 8.24. The Labute approximate surface area is 128 Å². The number of hydrogen-bond donors (Lipinski definition) is 0. The minimum absolute atomic E-state index is 0.0454. The normalized spacial score (nSPS) is 45.8. The van der Waals surface area contributed by atoms with Gasteiger partial charge in [-0.3, -0.25) is 0 Å². The molecule has 0 aromatic rings. The van der Waals surface area contributed by atoms with Crippen molar-refractivity contribution < 1.29 is 9.47 Å². The third kappa shape index (κ3) is 2.15. The van der Waals surface area contributed by atoms with Crippen LogP contribution in [0.2, 0.25) is 0 Å². The molecular formula is C19H28O2. The van der Waals surface area contributed by atoms with E-state index < -0.39 is 0 Å².